The van der Waals surface area contributed by atoms with Crippen molar-refractivity contribution in [2.75, 3.05) is 34.8 Å². The van der Waals surface area contributed by atoms with Gasteiger partial charge in [0.2, 0.25) is 0 Å². The number of hydrogen-bond acceptors (Lipinski definition) is 4. The Labute approximate surface area is 128 Å². The predicted octanol–water partition coefficient (Wildman–Crippen LogP) is 2.29. The van der Waals surface area contributed by atoms with Crippen molar-refractivity contribution in [3.8, 4) is 5.75 Å². The molecule has 0 saturated heterocycles. The van der Waals surface area contributed by atoms with E-state index >= 15 is 0 Å². The largest absolute Gasteiger partial charge is 0.493 e. The fourth-order valence-corrected chi connectivity index (χ4v) is 3.38. The third-order valence-electron chi connectivity index (χ3n) is 4.55. The molecule has 0 spiro atoms. The molecule has 1 heterocycles. The lowest BCUT2D eigenvalue weighted by molar-refractivity contribution is 0.261. The van der Waals surface area contributed by atoms with Gasteiger partial charge in [-0.2, -0.15) is 5.10 Å². The molecular weight excluding hydrogens is 264 g/mol. The number of rotatable bonds is 7. The van der Waals surface area contributed by atoms with Crippen molar-refractivity contribution < 1.29 is 4.74 Å². The normalized spacial score (nSPS) is 18.1. The molecule has 0 bridgehead atoms. The predicted molar refractivity (Wildman–Crippen MR) is 85.7 cm³/mol. The summed E-state index contributed by atoms with van der Waals surface area (Å²) in [6, 6.07) is 0.338. The Kier molecular flexibility index (Phi) is 6.06. The molecule has 1 aromatic heterocycles. The number of methoxy groups -OCH3 is 1. The van der Waals surface area contributed by atoms with Gasteiger partial charge in [-0.15, -0.1) is 0 Å². The van der Waals surface area contributed by atoms with E-state index in [2.05, 4.69) is 41.1 Å². The Morgan fingerprint density at radius 1 is 1.38 bits per heavy atom. The van der Waals surface area contributed by atoms with Crippen LogP contribution in [-0.2, 0) is 6.54 Å². The highest BCUT2D eigenvalue weighted by Crippen LogP contribution is 2.37. The summed E-state index contributed by atoms with van der Waals surface area (Å²) in [6.07, 6.45) is 8.52. The minimum Gasteiger partial charge on any atom is -0.493 e. The van der Waals surface area contributed by atoms with Crippen LogP contribution in [0.2, 0.25) is 0 Å². The Morgan fingerprint density at radius 3 is 2.67 bits per heavy atom. The zero-order chi connectivity index (χ0) is 15.2. The third kappa shape index (κ3) is 3.98. The van der Waals surface area contributed by atoms with Crippen LogP contribution in [0.3, 0.4) is 0 Å². The van der Waals surface area contributed by atoms with Gasteiger partial charge in [-0.3, -0.25) is 4.68 Å². The average Bonchev–Trinajstić information content (AvgIpc) is 2.90. The summed E-state index contributed by atoms with van der Waals surface area (Å²) in [5.41, 5.74) is 1.22. The lowest BCUT2D eigenvalue weighted by atomic mass is 9.82. The van der Waals surface area contributed by atoms with E-state index in [1.54, 1.807) is 7.11 Å². The van der Waals surface area contributed by atoms with Crippen LogP contribution in [0.15, 0.2) is 6.20 Å². The Balaban J connectivity index is 2.22. The summed E-state index contributed by atoms with van der Waals surface area (Å²) in [5, 5.41) is 8.07. The van der Waals surface area contributed by atoms with E-state index in [9.17, 15) is 0 Å². The molecule has 1 aromatic rings. The van der Waals surface area contributed by atoms with Crippen molar-refractivity contribution in [3.63, 3.8) is 0 Å². The van der Waals surface area contributed by atoms with E-state index < -0.39 is 0 Å². The fourth-order valence-electron chi connectivity index (χ4n) is 3.38. The molecule has 0 amide bonds. The van der Waals surface area contributed by atoms with Gasteiger partial charge in [0.05, 0.1) is 31.6 Å². The summed E-state index contributed by atoms with van der Waals surface area (Å²) in [5.74, 6) is 1.60. The van der Waals surface area contributed by atoms with Crippen molar-refractivity contribution in [2.24, 2.45) is 5.92 Å². The number of nitrogens with zero attached hydrogens (tertiary/aromatic N) is 3. The van der Waals surface area contributed by atoms with Crippen LogP contribution < -0.4 is 10.1 Å². The second-order valence-electron chi connectivity index (χ2n) is 6.29. The zero-order valence-corrected chi connectivity index (χ0v) is 13.9. The third-order valence-corrected chi connectivity index (χ3v) is 4.55. The van der Waals surface area contributed by atoms with Crippen LogP contribution in [0.25, 0.3) is 0 Å². The van der Waals surface area contributed by atoms with Gasteiger partial charge in [-0.05, 0) is 39.9 Å². The maximum absolute atomic E-state index is 5.57. The molecule has 1 atom stereocenters. The molecule has 1 fully saturated rings. The highest BCUT2D eigenvalue weighted by Gasteiger charge is 2.29. The summed E-state index contributed by atoms with van der Waals surface area (Å²) < 4.78 is 7.69. The first-order chi connectivity index (χ1) is 10.2. The van der Waals surface area contributed by atoms with Crippen molar-refractivity contribution in [2.45, 2.75) is 44.7 Å². The monoisotopic (exact) mass is 294 g/mol. The first-order valence-electron chi connectivity index (χ1n) is 8.09. The van der Waals surface area contributed by atoms with Crippen LogP contribution in [0.1, 0.15) is 43.8 Å². The summed E-state index contributed by atoms with van der Waals surface area (Å²) >= 11 is 0. The van der Waals surface area contributed by atoms with Gasteiger partial charge in [-0.25, -0.2) is 0 Å². The molecule has 1 saturated carbocycles. The van der Waals surface area contributed by atoms with E-state index in [-0.39, 0.29) is 0 Å². The molecule has 21 heavy (non-hydrogen) atoms. The Morgan fingerprint density at radius 2 is 2.10 bits per heavy atom. The standard InChI is InChI=1S/C16H30N4O/c1-17-15(13-8-6-5-7-9-13)16-14(21-4)12-18-20(16)11-10-19(2)3/h12-13,15,17H,5-11H2,1-4H3. The Hall–Kier alpha value is -1.07. The molecule has 0 aromatic carbocycles. The quantitative estimate of drug-likeness (QED) is 0.838. The van der Waals surface area contributed by atoms with Crippen molar-refractivity contribution in [3.05, 3.63) is 11.9 Å². The van der Waals surface area contributed by atoms with Gasteiger partial charge in [0, 0.05) is 6.54 Å². The number of likely N-dealkylation sites (N-methyl/N-ethyl adjacent to an activating group) is 1. The SMILES string of the molecule is CNC(c1c(OC)cnn1CCN(C)C)C1CCCCC1. The van der Waals surface area contributed by atoms with E-state index in [0.29, 0.717) is 12.0 Å². The molecule has 1 unspecified atom stereocenters. The molecule has 120 valence electrons. The summed E-state index contributed by atoms with van der Waals surface area (Å²) in [7, 11) is 7.99. The van der Waals surface area contributed by atoms with Gasteiger partial charge in [-0.1, -0.05) is 19.3 Å². The second-order valence-corrected chi connectivity index (χ2v) is 6.29. The van der Waals surface area contributed by atoms with Crippen molar-refractivity contribution in [1.82, 2.24) is 20.0 Å². The van der Waals surface area contributed by atoms with Gasteiger partial charge in [0.1, 0.15) is 0 Å². The van der Waals surface area contributed by atoms with Crippen molar-refractivity contribution >= 4 is 0 Å². The first kappa shape index (κ1) is 16.3. The minimum absolute atomic E-state index is 0.338. The Bertz CT molecular complexity index is 424. The summed E-state index contributed by atoms with van der Waals surface area (Å²) in [4.78, 5) is 2.19. The molecule has 5 heteroatoms. The highest BCUT2D eigenvalue weighted by molar-refractivity contribution is 5.29. The van der Waals surface area contributed by atoms with Crippen LogP contribution >= 0.6 is 0 Å². The number of nitrogens with one attached hydrogen (secondary N) is 1. The molecule has 5 nitrogen and oxygen atoms in total. The maximum atomic E-state index is 5.57. The van der Waals surface area contributed by atoms with E-state index in [0.717, 1.165) is 18.8 Å². The highest BCUT2D eigenvalue weighted by atomic mass is 16.5. The number of hydrogen-bond donors (Lipinski definition) is 1. The number of aromatic nitrogens is 2. The van der Waals surface area contributed by atoms with Gasteiger partial charge in [0.25, 0.3) is 0 Å². The molecular formula is C16H30N4O. The smallest absolute Gasteiger partial charge is 0.161 e. The van der Waals surface area contributed by atoms with Gasteiger partial charge >= 0.3 is 0 Å². The topological polar surface area (TPSA) is 42.3 Å². The van der Waals surface area contributed by atoms with E-state index in [1.165, 1.54) is 37.8 Å². The maximum Gasteiger partial charge on any atom is 0.161 e. The molecule has 0 aliphatic heterocycles. The average molecular weight is 294 g/mol. The zero-order valence-electron chi connectivity index (χ0n) is 13.9. The van der Waals surface area contributed by atoms with Crippen LogP contribution in [0.4, 0.5) is 0 Å². The summed E-state index contributed by atoms with van der Waals surface area (Å²) in [6.45, 7) is 1.88. The molecule has 0 radical (unpaired) electrons. The molecule has 2 rings (SSSR count). The minimum atomic E-state index is 0.338. The fraction of sp³-hybridized carbons (Fsp3) is 0.812. The van der Waals surface area contributed by atoms with Gasteiger partial charge in [0.15, 0.2) is 5.75 Å². The van der Waals surface area contributed by atoms with Gasteiger partial charge < -0.3 is 15.0 Å². The van der Waals surface area contributed by atoms with E-state index in [1.807, 2.05) is 6.20 Å². The number of ether oxygens (including phenoxy) is 1. The first-order valence-corrected chi connectivity index (χ1v) is 8.09. The molecule has 1 aliphatic carbocycles. The van der Waals surface area contributed by atoms with Crippen LogP contribution in [-0.4, -0.2) is 49.5 Å². The van der Waals surface area contributed by atoms with Crippen molar-refractivity contribution in [1.29, 1.82) is 0 Å². The molecule has 1 N–H and O–H groups in total. The second kappa shape index (κ2) is 7.80. The molecule has 1 aliphatic rings. The van der Waals surface area contributed by atoms with E-state index in [4.69, 9.17) is 4.74 Å². The van der Waals surface area contributed by atoms with Crippen LogP contribution in [0, 0.1) is 5.92 Å². The lowest BCUT2D eigenvalue weighted by Gasteiger charge is -2.31. The van der Waals surface area contributed by atoms with Crippen LogP contribution in [0.5, 0.6) is 5.75 Å². The lowest BCUT2D eigenvalue weighted by Crippen LogP contribution is -2.30.